The molecule has 28 heavy (non-hydrogen) atoms. The van der Waals surface area contributed by atoms with Crippen LogP contribution in [0.2, 0.25) is 0 Å². The second-order valence-corrected chi connectivity index (χ2v) is 7.30. The minimum atomic E-state index is -0.257. The second kappa shape index (κ2) is 6.92. The number of hydrazone groups is 1. The third-order valence-corrected chi connectivity index (χ3v) is 5.15. The maximum Gasteiger partial charge on any atom is 0.261 e. The Morgan fingerprint density at radius 1 is 1.18 bits per heavy atom. The molecule has 1 aliphatic rings. The number of carbonyl (C=O) groups is 1. The number of nitrogens with zero attached hydrogens (tertiary/aromatic N) is 5. The highest BCUT2D eigenvalue weighted by atomic mass is 16.2. The molecule has 0 saturated carbocycles. The van der Waals surface area contributed by atoms with E-state index in [0.717, 1.165) is 16.7 Å². The molecular formula is C21H22N6O. The highest BCUT2D eigenvalue weighted by Crippen LogP contribution is 2.46. The molecule has 142 valence electrons. The number of benzene rings is 2. The number of fused-ring (bicyclic) bond motifs is 2. The number of hydrogen-bond donors (Lipinski definition) is 1. The summed E-state index contributed by atoms with van der Waals surface area (Å²) in [6.07, 6.45) is 3.56. The lowest BCUT2D eigenvalue weighted by atomic mass is 9.84. The van der Waals surface area contributed by atoms with E-state index in [1.165, 1.54) is 11.3 Å². The van der Waals surface area contributed by atoms with E-state index in [2.05, 4.69) is 57.8 Å². The van der Waals surface area contributed by atoms with Crippen LogP contribution in [0.3, 0.4) is 0 Å². The fourth-order valence-electron chi connectivity index (χ4n) is 3.72. The molecule has 7 nitrogen and oxygen atoms in total. The van der Waals surface area contributed by atoms with Crippen molar-refractivity contribution in [1.82, 2.24) is 20.4 Å². The quantitative estimate of drug-likeness (QED) is 0.563. The van der Waals surface area contributed by atoms with Crippen molar-refractivity contribution in [2.75, 3.05) is 11.9 Å². The van der Waals surface area contributed by atoms with Crippen LogP contribution in [0.1, 0.15) is 19.4 Å². The molecule has 7 heteroatoms. The highest BCUT2D eigenvalue weighted by molar-refractivity contribution is 5.82. The fraction of sp³-hybridized carbons (Fsp3) is 0.238. The summed E-state index contributed by atoms with van der Waals surface area (Å²) in [5, 5.41) is 12.1. The predicted molar refractivity (Wildman–Crippen MR) is 110 cm³/mol. The summed E-state index contributed by atoms with van der Waals surface area (Å²) in [5.41, 5.74) is 7.59. The zero-order chi connectivity index (χ0) is 19.7. The second-order valence-electron chi connectivity index (χ2n) is 7.30. The van der Waals surface area contributed by atoms with Gasteiger partial charge in [0.15, 0.2) is 0 Å². The predicted octanol–water partition coefficient (Wildman–Crippen LogP) is 2.84. The van der Waals surface area contributed by atoms with Crippen LogP contribution in [0.25, 0.3) is 11.0 Å². The number of nitrogens with one attached hydrogen (secondary N) is 1. The number of rotatable bonds is 4. The summed E-state index contributed by atoms with van der Waals surface area (Å²) in [4.78, 5) is 14.3. The monoisotopic (exact) mass is 374 g/mol. The maximum absolute atomic E-state index is 12.2. The first-order valence-electron chi connectivity index (χ1n) is 9.12. The number of anilines is 1. The minimum absolute atomic E-state index is 0.0608. The van der Waals surface area contributed by atoms with E-state index in [1.54, 1.807) is 10.9 Å². The van der Waals surface area contributed by atoms with Gasteiger partial charge in [0.25, 0.3) is 5.91 Å². The van der Waals surface area contributed by atoms with Gasteiger partial charge in [-0.1, -0.05) is 49.4 Å². The number of para-hydroxylation sites is 2. The van der Waals surface area contributed by atoms with E-state index in [1.807, 2.05) is 43.5 Å². The van der Waals surface area contributed by atoms with E-state index < -0.39 is 0 Å². The normalized spacial score (nSPS) is 16.8. The van der Waals surface area contributed by atoms with Crippen molar-refractivity contribution in [2.45, 2.75) is 25.8 Å². The van der Waals surface area contributed by atoms with Crippen molar-refractivity contribution in [3.8, 4) is 0 Å². The van der Waals surface area contributed by atoms with E-state index >= 15 is 0 Å². The summed E-state index contributed by atoms with van der Waals surface area (Å²) >= 11 is 0. The van der Waals surface area contributed by atoms with E-state index in [0.29, 0.717) is 0 Å². The van der Waals surface area contributed by atoms with Gasteiger partial charge in [-0.2, -0.15) is 5.10 Å². The van der Waals surface area contributed by atoms with Gasteiger partial charge in [-0.25, -0.2) is 10.1 Å². The third-order valence-electron chi connectivity index (χ3n) is 5.15. The molecule has 1 N–H and O–H groups in total. The van der Waals surface area contributed by atoms with Crippen molar-refractivity contribution < 1.29 is 4.79 Å². The van der Waals surface area contributed by atoms with Gasteiger partial charge in [0, 0.05) is 30.1 Å². The summed E-state index contributed by atoms with van der Waals surface area (Å²) in [5.74, 6) is -0.257. The van der Waals surface area contributed by atoms with Crippen LogP contribution >= 0.6 is 0 Å². The Labute approximate surface area is 163 Å². The van der Waals surface area contributed by atoms with Gasteiger partial charge in [-0.3, -0.25) is 4.79 Å². The molecule has 4 rings (SSSR count). The first-order chi connectivity index (χ1) is 13.5. The molecular weight excluding hydrogens is 352 g/mol. The van der Waals surface area contributed by atoms with Crippen LogP contribution < -0.4 is 10.3 Å². The molecule has 0 saturated heterocycles. The van der Waals surface area contributed by atoms with Gasteiger partial charge in [0.1, 0.15) is 12.1 Å². The average Bonchev–Trinajstić information content (AvgIpc) is 3.17. The smallest absolute Gasteiger partial charge is 0.261 e. The Kier molecular flexibility index (Phi) is 4.43. The van der Waals surface area contributed by atoms with Crippen LogP contribution in [-0.2, 0) is 16.8 Å². The lowest BCUT2D eigenvalue weighted by Crippen LogP contribution is -2.24. The topological polar surface area (TPSA) is 75.4 Å². The molecule has 1 amide bonds. The fourth-order valence-corrected chi connectivity index (χ4v) is 3.72. The molecule has 3 aromatic rings. The number of likely N-dealkylation sites (N-methyl/N-ethyl adjacent to an activating group) is 1. The van der Waals surface area contributed by atoms with E-state index in [9.17, 15) is 4.79 Å². The number of allylic oxidation sites excluding steroid dienone is 2. The third kappa shape index (κ3) is 3.05. The Balaban J connectivity index is 1.43. The molecule has 1 aromatic heterocycles. The Morgan fingerprint density at radius 3 is 2.75 bits per heavy atom. The van der Waals surface area contributed by atoms with Crippen molar-refractivity contribution in [3.05, 3.63) is 65.9 Å². The first-order valence-corrected chi connectivity index (χ1v) is 9.12. The van der Waals surface area contributed by atoms with Crippen molar-refractivity contribution in [3.63, 3.8) is 0 Å². The molecule has 0 unspecified atom stereocenters. The van der Waals surface area contributed by atoms with Crippen LogP contribution in [0.5, 0.6) is 0 Å². The number of amides is 1. The minimum Gasteiger partial charge on any atom is -0.347 e. The van der Waals surface area contributed by atoms with Gasteiger partial charge in [0.2, 0.25) is 0 Å². The van der Waals surface area contributed by atoms with Gasteiger partial charge in [-0.15, -0.1) is 5.10 Å². The van der Waals surface area contributed by atoms with E-state index in [-0.39, 0.29) is 17.9 Å². The van der Waals surface area contributed by atoms with Gasteiger partial charge < -0.3 is 4.90 Å². The van der Waals surface area contributed by atoms with Gasteiger partial charge >= 0.3 is 0 Å². The molecule has 0 bridgehead atoms. The number of aromatic nitrogens is 3. The summed E-state index contributed by atoms with van der Waals surface area (Å²) in [6.45, 7) is 4.43. The van der Waals surface area contributed by atoms with Gasteiger partial charge in [0.05, 0.1) is 5.52 Å². The Bertz CT molecular complexity index is 1090. The summed E-state index contributed by atoms with van der Waals surface area (Å²) < 4.78 is 1.56. The SMILES string of the molecule is CN1/C(=C\C=N/NC(=O)Cn2nnc3ccccc32)C(C)(C)c2ccccc21. The standard InChI is InChI=1S/C21H22N6O/c1-21(2)15-8-4-6-10-17(15)26(3)19(21)12-13-22-24-20(28)14-27-18-11-7-5-9-16(18)23-25-27/h4-13H,14H2,1-3H3,(H,24,28)/b19-12-,22-13-. The molecule has 0 fully saturated rings. The first kappa shape index (κ1) is 17.9. The lowest BCUT2D eigenvalue weighted by molar-refractivity contribution is -0.121. The van der Waals surface area contributed by atoms with Crippen LogP contribution in [0, 0.1) is 0 Å². The lowest BCUT2D eigenvalue weighted by Gasteiger charge is -2.23. The Morgan fingerprint density at radius 2 is 1.93 bits per heavy atom. The Hall–Kier alpha value is -3.48. The van der Waals surface area contributed by atoms with Crippen molar-refractivity contribution in [1.29, 1.82) is 0 Å². The molecule has 2 aromatic carbocycles. The van der Waals surface area contributed by atoms with Crippen LogP contribution in [-0.4, -0.2) is 34.2 Å². The molecule has 0 atom stereocenters. The number of carbonyl (C=O) groups excluding carboxylic acids is 1. The number of hydrogen-bond acceptors (Lipinski definition) is 5. The van der Waals surface area contributed by atoms with Crippen LogP contribution in [0.4, 0.5) is 5.69 Å². The van der Waals surface area contributed by atoms with Gasteiger partial charge in [-0.05, 0) is 29.8 Å². The van der Waals surface area contributed by atoms with Crippen LogP contribution in [0.15, 0.2) is 65.4 Å². The maximum atomic E-state index is 12.2. The van der Waals surface area contributed by atoms with Crippen molar-refractivity contribution >= 4 is 28.8 Å². The molecule has 0 aliphatic carbocycles. The molecule has 0 spiro atoms. The zero-order valence-corrected chi connectivity index (χ0v) is 16.1. The van der Waals surface area contributed by atoms with Crippen molar-refractivity contribution in [2.24, 2.45) is 5.10 Å². The zero-order valence-electron chi connectivity index (χ0n) is 16.1. The largest absolute Gasteiger partial charge is 0.347 e. The highest BCUT2D eigenvalue weighted by Gasteiger charge is 2.37. The summed E-state index contributed by atoms with van der Waals surface area (Å²) in [6, 6.07) is 15.9. The molecule has 2 heterocycles. The summed E-state index contributed by atoms with van der Waals surface area (Å²) in [7, 11) is 2.04. The molecule has 0 radical (unpaired) electrons. The molecule has 1 aliphatic heterocycles. The van der Waals surface area contributed by atoms with E-state index in [4.69, 9.17) is 0 Å². The average molecular weight is 374 g/mol.